The molecule has 1 aromatic rings. The minimum Gasteiger partial charge on any atom is -0.424 e. The lowest BCUT2D eigenvalue weighted by molar-refractivity contribution is 0.227. The van der Waals surface area contributed by atoms with Crippen LogP contribution in [0.15, 0.2) is 18.2 Å². The van der Waals surface area contributed by atoms with E-state index in [1.165, 1.54) is 0 Å². The zero-order valence-electron chi connectivity index (χ0n) is 9.69. The van der Waals surface area contributed by atoms with Gasteiger partial charge in [-0.2, -0.15) is 0 Å². The van der Waals surface area contributed by atoms with Crippen molar-refractivity contribution in [3.8, 4) is 5.75 Å². The maximum atomic E-state index is 12.2. The highest BCUT2D eigenvalue weighted by molar-refractivity contribution is 7.55. The first kappa shape index (κ1) is 11.5. The Morgan fingerprint density at radius 1 is 1.44 bits per heavy atom. The van der Waals surface area contributed by atoms with Gasteiger partial charge in [-0.05, 0) is 18.2 Å². The van der Waals surface area contributed by atoms with E-state index in [0.717, 1.165) is 11.3 Å². The van der Waals surface area contributed by atoms with Gasteiger partial charge in [-0.1, -0.05) is 13.8 Å². The molecule has 0 spiro atoms. The van der Waals surface area contributed by atoms with Gasteiger partial charge in [0.2, 0.25) is 0 Å². The van der Waals surface area contributed by atoms with Gasteiger partial charge < -0.3 is 9.84 Å². The first-order valence-corrected chi connectivity index (χ1v) is 6.91. The van der Waals surface area contributed by atoms with Crippen LogP contribution in [0.4, 0.5) is 5.69 Å². The van der Waals surface area contributed by atoms with Crippen LogP contribution in [0.5, 0.6) is 5.75 Å². The summed E-state index contributed by atoms with van der Waals surface area (Å²) in [7, 11) is -1.11. The fourth-order valence-corrected chi connectivity index (χ4v) is 2.85. The molecule has 0 fully saturated rings. The highest BCUT2D eigenvalue weighted by Gasteiger charge is 2.35. The Morgan fingerprint density at radius 3 is 2.81 bits per heavy atom. The second-order valence-electron chi connectivity index (χ2n) is 4.07. The summed E-state index contributed by atoms with van der Waals surface area (Å²) in [4.78, 5) is 0. The number of benzene rings is 1. The molecule has 88 valence electrons. The van der Waals surface area contributed by atoms with Gasteiger partial charge in [0.25, 0.3) is 0 Å². The van der Waals surface area contributed by atoms with Gasteiger partial charge in [-0.25, -0.2) is 4.57 Å². The average Bonchev–Trinajstić information content (AvgIpc) is 2.28. The molecule has 5 heteroatoms. The van der Waals surface area contributed by atoms with Crippen LogP contribution in [-0.4, -0.2) is 12.7 Å². The van der Waals surface area contributed by atoms with Crippen molar-refractivity contribution < 1.29 is 13.6 Å². The van der Waals surface area contributed by atoms with Crippen LogP contribution in [0.25, 0.3) is 0 Å². The average molecular weight is 241 g/mol. The molecular formula is C11H16NO3P. The molecule has 1 aliphatic rings. The predicted octanol–water partition coefficient (Wildman–Crippen LogP) is 3.24. The Hall–Kier alpha value is -0.990. The Kier molecular flexibility index (Phi) is 2.96. The standard InChI is InChI=1S/C11H16NO3P/c1-8(2)16(13)14-7-9-6-10(12-3)4-5-11(9)15-16/h4-6,8,12H,7H2,1-3H3. The van der Waals surface area contributed by atoms with E-state index in [0.29, 0.717) is 12.4 Å². The lowest BCUT2D eigenvalue weighted by atomic mass is 10.2. The monoisotopic (exact) mass is 241 g/mol. The van der Waals surface area contributed by atoms with Crippen molar-refractivity contribution in [3.63, 3.8) is 0 Å². The van der Waals surface area contributed by atoms with Gasteiger partial charge in [0.1, 0.15) is 5.75 Å². The fourth-order valence-electron chi connectivity index (χ4n) is 1.51. The van der Waals surface area contributed by atoms with E-state index in [2.05, 4.69) is 5.32 Å². The third-order valence-corrected chi connectivity index (χ3v) is 4.81. The van der Waals surface area contributed by atoms with Crippen molar-refractivity contribution in [3.05, 3.63) is 23.8 Å². The summed E-state index contributed by atoms with van der Waals surface area (Å²) in [5.41, 5.74) is 1.80. The number of fused-ring (bicyclic) bond motifs is 1. The number of hydrogen-bond donors (Lipinski definition) is 1. The molecule has 16 heavy (non-hydrogen) atoms. The van der Waals surface area contributed by atoms with Crippen LogP contribution < -0.4 is 9.84 Å². The van der Waals surface area contributed by atoms with E-state index in [4.69, 9.17) is 9.05 Å². The van der Waals surface area contributed by atoms with Gasteiger partial charge in [0.15, 0.2) is 0 Å². The Balaban J connectivity index is 2.32. The molecule has 0 radical (unpaired) electrons. The molecule has 4 nitrogen and oxygen atoms in total. The van der Waals surface area contributed by atoms with Gasteiger partial charge >= 0.3 is 7.60 Å². The second-order valence-corrected chi connectivity index (χ2v) is 6.62. The van der Waals surface area contributed by atoms with Crippen LogP contribution >= 0.6 is 7.60 Å². The molecule has 1 aromatic carbocycles. The van der Waals surface area contributed by atoms with Crippen molar-refractivity contribution in [1.82, 2.24) is 0 Å². The summed E-state index contributed by atoms with van der Waals surface area (Å²) in [6, 6.07) is 5.67. The molecule has 0 saturated carbocycles. The molecule has 0 aliphatic carbocycles. The largest absolute Gasteiger partial charge is 0.424 e. The van der Waals surface area contributed by atoms with Crippen LogP contribution in [0.3, 0.4) is 0 Å². The predicted molar refractivity (Wildman–Crippen MR) is 64.1 cm³/mol. The molecule has 2 rings (SSSR count). The van der Waals surface area contributed by atoms with Crippen molar-refractivity contribution in [2.75, 3.05) is 12.4 Å². The smallest absolute Gasteiger partial charge is 0.382 e. The second kappa shape index (κ2) is 4.11. The molecule has 0 aromatic heterocycles. The van der Waals surface area contributed by atoms with Gasteiger partial charge in [-0.15, -0.1) is 0 Å². The molecule has 1 aliphatic heterocycles. The van der Waals surface area contributed by atoms with E-state index in [-0.39, 0.29) is 5.66 Å². The zero-order chi connectivity index (χ0) is 11.8. The summed E-state index contributed by atoms with van der Waals surface area (Å²) >= 11 is 0. The van der Waals surface area contributed by atoms with Gasteiger partial charge in [-0.3, -0.25) is 4.52 Å². The van der Waals surface area contributed by atoms with E-state index >= 15 is 0 Å². The number of anilines is 1. The van der Waals surface area contributed by atoms with Crippen molar-refractivity contribution in [2.45, 2.75) is 26.1 Å². The lowest BCUT2D eigenvalue weighted by Crippen LogP contribution is -2.13. The summed E-state index contributed by atoms with van der Waals surface area (Å²) < 4.78 is 23.0. The van der Waals surface area contributed by atoms with Crippen LogP contribution in [0.1, 0.15) is 19.4 Å². The van der Waals surface area contributed by atoms with Crippen molar-refractivity contribution >= 4 is 13.3 Å². The minimum atomic E-state index is -2.96. The van der Waals surface area contributed by atoms with Crippen LogP contribution in [0, 0.1) is 0 Å². The summed E-state index contributed by atoms with van der Waals surface area (Å²) in [6.45, 7) is 4.03. The fraction of sp³-hybridized carbons (Fsp3) is 0.455. The number of hydrogen-bond acceptors (Lipinski definition) is 4. The van der Waals surface area contributed by atoms with E-state index in [1.54, 1.807) is 0 Å². The first-order valence-electron chi connectivity index (χ1n) is 5.30. The maximum Gasteiger partial charge on any atom is 0.382 e. The number of nitrogens with one attached hydrogen (secondary N) is 1. The summed E-state index contributed by atoms with van der Waals surface area (Å²) in [6.07, 6.45) is 0. The molecule has 0 bridgehead atoms. The Bertz CT molecular complexity index is 445. The molecule has 0 saturated heterocycles. The normalized spacial score (nSPS) is 23.8. The molecule has 0 amide bonds. The number of rotatable bonds is 2. The quantitative estimate of drug-likeness (QED) is 0.807. The SMILES string of the molecule is CNc1ccc2c(c1)COP(=O)(C(C)C)O2. The lowest BCUT2D eigenvalue weighted by Gasteiger charge is -2.28. The Labute approximate surface area is 95.5 Å². The Morgan fingerprint density at radius 2 is 2.19 bits per heavy atom. The highest BCUT2D eigenvalue weighted by atomic mass is 31.2. The van der Waals surface area contributed by atoms with Gasteiger partial charge in [0, 0.05) is 18.3 Å². The topological polar surface area (TPSA) is 47.6 Å². The third kappa shape index (κ3) is 1.95. The molecule has 1 N–H and O–H groups in total. The van der Waals surface area contributed by atoms with E-state index < -0.39 is 7.60 Å². The maximum absolute atomic E-state index is 12.2. The highest BCUT2D eigenvalue weighted by Crippen LogP contribution is 2.57. The van der Waals surface area contributed by atoms with Crippen molar-refractivity contribution in [1.29, 1.82) is 0 Å². The first-order chi connectivity index (χ1) is 7.55. The summed E-state index contributed by atoms with van der Waals surface area (Å²) in [5, 5.41) is 3.04. The van der Waals surface area contributed by atoms with E-state index in [9.17, 15) is 4.57 Å². The molecule has 1 heterocycles. The molecule has 1 unspecified atom stereocenters. The van der Waals surface area contributed by atoms with Crippen molar-refractivity contribution in [2.24, 2.45) is 0 Å². The van der Waals surface area contributed by atoms with Crippen LogP contribution in [0.2, 0.25) is 0 Å². The third-order valence-electron chi connectivity index (χ3n) is 2.61. The minimum absolute atomic E-state index is 0.121. The van der Waals surface area contributed by atoms with Gasteiger partial charge in [0.05, 0.1) is 12.3 Å². The van der Waals surface area contributed by atoms with Crippen LogP contribution in [-0.2, 0) is 15.7 Å². The molecule has 1 atom stereocenters. The zero-order valence-corrected chi connectivity index (χ0v) is 10.6. The summed E-state index contributed by atoms with van der Waals surface area (Å²) in [5.74, 6) is 0.669. The van der Waals surface area contributed by atoms with E-state index in [1.807, 2.05) is 39.1 Å². The molecular weight excluding hydrogens is 225 g/mol.